The van der Waals surface area contributed by atoms with Crippen LogP contribution in [0.2, 0.25) is 0 Å². The number of anilines is 2. The van der Waals surface area contributed by atoms with Crippen molar-refractivity contribution < 1.29 is 9.59 Å². The summed E-state index contributed by atoms with van der Waals surface area (Å²) in [6.07, 6.45) is 8.00. The van der Waals surface area contributed by atoms with Gasteiger partial charge in [0.2, 0.25) is 0 Å². The number of benzene rings is 2. The van der Waals surface area contributed by atoms with E-state index >= 15 is 0 Å². The number of carbonyl (C=O) groups is 2. The number of hydrogen-bond donors (Lipinski definition) is 2. The zero-order valence-electron chi connectivity index (χ0n) is 17.2. The molecule has 0 saturated carbocycles. The number of allylic oxidation sites excluding steroid dienone is 1. The van der Waals surface area contributed by atoms with Gasteiger partial charge in [-0.3, -0.25) is 9.59 Å². The molecular weight excluding hydrogens is 362 g/mol. The van der Waals surface area contributed by atoms with Crippen molar-refractivity contribution in [3.63, 3.8) is 0 Å². The predicted octanol–water partition coefficient (Wildman–Crippen LogP) is 4.63. The highest BCUT2D eigenvalue weighted by atomic mass is 16.2. The molecule has 0 radical (unpaired) electrons. The summed E-state index contributed by atoms with van der Waals surface area (Å²) in [5.74, 6) is -0.379. The van der Waals surface area contributed by atoms with Gasteiger partial charge in [0.05, 0.1) is 0 Å². The minimum atomic E-state index is -0.232. The summed E-state index contributed by atoms with van der Waals surface area (Å²) in [6.45, 7) is 0.624. The topological polar surface area (TPSA) is 61.4 Å². The van der Waals surface area contributed by atoms with E-state index in [4.69, 9.17) is 0 Å². The zero-order chi connectivity index (χ0) is 20.6. The van der Waals surface area contributed by atoms with Crippen LogP contribution in [0.5, 0.6) is 0 Å². The van der Waals surface area contributed by atoms with Crippen LogP contribution in [-0.2, 0) is 0 Å². The molecule has 3 rings (SSSR count). The summed E-state index contributed by atoms with van der Waals surface area (Å²) < 4.78 is 0. The van der Waals surface area contributed by atoms with Crippen molar-refractivity contribution in [2.75, 3.05) is 30.9 Å². The van der Waals surface area contributed by atoms with E-state index in [0.717, 1.165) is 30.6 Å². The molecule has 0 spiro atoms. The Morgan fingerprint density at radius 1 is 0.966 bits per heavy atom. The maximum atomic E-state index is 12.6. The van der Waals surface area contributed by atoms with E-state index in [1.54, 1.807) is 24.3 Å². The molecule has 0 saturated heterocycles. The van der Waals surface area contributed by atoms with Crippen LogP contribution in [-0.4, -0.2) is 32.5 Å². The Balaban J connectivity index is 1.56. The Morgan fingerprint density at radius 3 is 2.34 bits per heavy atom. The van der Waals surface area contributed by atoms with Crippen molar-refractivity contribution >= 4 is 23.2 Å². The molecule has 1 aliphatic rings. The van der Waals surface area contributed by atoms with Gasteiger partial charge in [-0.2, -0.15) is 0 Å². The molecule has 0 aromatic heterocycles. The fraction of sp³-hybridized carbons (Fsp3) is 0.333. The molecular formula is C24H29N3O2. The maximum Gasteiger partial charge on any atom is 0.255 e. The first-order valence-electron chi connectivity index (χ1n) is 10.2. The highest BCUT2D eigenvalue weighted by Gasteiger charge is 2.11. The van der Waals surface area contributed by atoms with Crippen molar-refractivity contribution in [2.24, 2.45) is 0 Å². The molecule has 2 aromatic carbocycles. The standard InChI is InChI=1S/C24H29N3O2/c1-27(2)22-13-11-21(12-14-22)26-24(29)20-10-6-9-19(17-20)23(28)25-16-15-18-7-4-3-5-8-18/h6-7,9-14,17H,3-5,8,15-16H2,1-2H3,(H,25,28)(H,26,29). The van der Waals surface area contributed by atoms with Crippen LogP contribution < -0.4 is 15.5 Å². The summed E-state index contributed by atoms with van der Waals surface area (Å²) in [5.41, 5.74) is 4.18. The fourth-order valence-corrected chi connectivity index (χ4v) is 3.42. The van der Waals surface area contributed by atoms with E-state index in [0.29, 0.717) is 17.7 Å². The fourth-order valence-electron chi connectivity index (χ4n) is 3.42. The highest BCUT2D eigenvalue weighted by Crippen LogP contribution is 2.19. The van der Waals surface area contributed by atoms with E-state index in [1.165, 1.54) is 18.4 Å². The number of nitrogens with one attached hydrogen (secondary N) is 2. The third-order valence-electron chi connectivity index (χ3n) is 5.15. The molecule has 0 fully saturated rings. The van der Waals surface area contributed by atoms with Gasteiger partial charge in [-0.15, -0.1) is 0 Å². The largest absolute Gasteiger partial charge is 0.378 e. The van der Waals surface area contributed by atoms with Gasteiger partial charge in [0.15, 0.2) is 0 Å². The first kappa shape index (κ1) is 20.6. The normalized spacial score (nSPS) is 13.4. The van der Waals surface area contributed by atoms with Crippen molar-refractivity contribution in [1.29, 1.82) is 0 Å². The summed E-state index contributed by atoms with van der Waals surface area (Å²) >= 11 is 0. The Kier molecular flexibility index (Phi) is 7.06. The number of hydrogen-bond acceptors (Lipinski definition) is 3. The highest BCUT2D eigenvalue weighted by molar-refractivity contribution is 6.06. The van der Waals surface area contributed by atoms with Crippen LogP contribution in [0.25, 0.3) is 0 Å². The molecule has 2 N–H and O–H groups in total. The average molecular weight is 392 g/mol. The summed E-state index contributed by atoms with van der Waals surface area (Å²) in [6, 6.07) is 14.4. The van der Waals surface area contributed by atoms with Crippen LogP contribution in [0.3, 0.4) is 0 Å². The minimum absolute atomic E-state index is 0.147. The molecule has 5 heteroatoms. The van der Waals surface area contributed by atoms with Crippen molar-refractivity contribution in [3.8, 4) is 0 Å². The number of carbonyl (C=O) groups excluding carboxylic acids is 2. The Hall–Kier alpha value is -3.08. The second-order valence-corrected chi connectivity index (χ2v) is 7.59. The first-order valence-corrected chi connectivity index (χ1v) is 10.2. The quantitative estimate of drug-likeness (QED) is 0.677. The van der Waals surface area contributed by atoms with Crippen LogP contribution in [0.4, 0.5) is 11.4 Å². The lowest BCUT2D eigenvalue weighted by molar-refractivity contribution is 0.0954. The molecule has 2 amide bonds. The lowest BCUT2D eigenvalue weighted by Crippen LogP contribution is -2.25. The van der Waals surface area contributed by atoms with Gasteiger partial charge in [-0.05, 0) is 74.6 Å². The summed E-state index contributed by atoms with van der Waals surface area (Å²) in [7, 11) is 3.94. The molecule has 2 aromatic rings. The second-order valence-electron chi connectivity index (χ2n) is 7.59. The van der Waals surface area contributed by atoms with Crippen LogP contribution in [0.1, 0.15) is 52.8 Å². The molecule has 29 heavy (non-hydrogen) atoms. The minimum Gasteiger partial charge on any atom is -0.378 e. The van der Waals surface area contributed by atoms with Gasteiger partial charge in [-0.25, -0.2) is 0 Å². The van der Waals surface area contributed by atoms with E-state index in [9.17, 15) is 9.59 Å². The lowest BCUT2D eigenvalue weighted by Gasteiger charge is -2.13. The molecule has 152 valence electrons. The van der Waals surface area contributed by atoms with Gasteiger partial charge >= 0.3 is 0 Å². The maximum absolute atomic E-state index is 12.6. The van der Waals surface area contributed by atoms with Crippen LogP contribution in [0, 0.1) is 0 Å². The third-order valence-corrected chi connectivity index (χ3v) is 5.15. The van der Waals surface area contributed by atoms with Crippen molar-refractivity contribution in [1.82, 2.24) is 5.32 Å². The van der Waals surface area contributed by atoms with Gasteiger partial charge in [0, 0.05) is 43.1 Å². The van der Waals surface area contributed by atoms with Gasteiger partial charge in [0.25, 0.3) is 11.8 Å². The predicted molar refractivity (Wildman–Crippen MR) is 119 cm³/mol. The molecule has 1 aliphatic carbocycles. The second kappa shape index (κ2) is 9.92. The van der Waals surface area contributed by atoms with Crippen LogP contribution in [0.15, 0.2) is 60.2 Å². The van der Waals surface area contributed by atoms with E-state index < -0.39 is 0 Å². The summed E-state index contributed by atoms with van der Waals surface area (Å²) in [5, 5.41) is 5.84. The monoisotopic (exact) mass is 391 g/mol. The Bertz CT molecular complexity index is 885. The smallest absolute Gasteiger partial charge is 0.255 e. The summed E-state index contributed by atoms with van der Waals surface area (Å²) in [4.78, 5) is 27.0. The van der Waals surface area contributed by atoms with Crippen molar-refractivity contribution in [2.45, 2.75) is 32.1 Å². The third kappa shape index (κ3) is 5.95. The molecule has 0 heterocycles. The van der Waals surface area contributed by atoms with E-state index in [1.807, 2.05) is 43.3 Å². The lowest BCUT2D eigenvalue weighted by atomic mass is 9.97. The molecule has 0 aliphatic heterocycles. The molecule has 0 bridgehead atoms. The SMILES string of the molecule is CN(C)c1ccc(NC(=O)c2cccc(C(=O)NCCC3=CCCCC3)c2)cc1. The number of amides is 2. The van der Waals surface area contributed by atoms with Crippen molar-refractivity contribution in [3.05, 3.63) is 71.3 Å². The average Bonchev–Trinajstić information content (AvgIpc) is 2.75. The number of nitrogens with zero attached hydrogens (tertiary/aromatic N) is 1. The van der Waals surface area contributed by atoms with Gasteiger partial charge in [-0.1, -0.05) is 17.7 Å². The van der Waals surface area contributed by atoms with E-state index in [-0.39, 0.29) is 11.8 Å². The Labute approximate surface area is 172 Å². The van der Waals surface area contributed by atoms with Gasteiger partial charge in [0.1, 0.15) is 0 Å². The number of rotatable bonds is 7. The molecule has 0 atom stereocenters. The van der Waals surface area contributed by atoms with E-state index in [2.05, 4.69) is 16.7 Å². The first-order chi connectivity index (χ1) is 14.0. The molecule has 0 unspecified atom stereocenters. The van der Waals surface area contributed by atoms with Crippen LogP contribution >= 0.6 is 0 Å². The zero-order valence-corrected chi connectivity index (χ0v) is 17.2. The van der Waals surface area contributed by atoms with Gasteiger partial charge < -0.3 is 15.5 Å². The Morgan fingerprint density at radius 2 is 1.69 bits per heavy atom. The molecule has 5 nitrogen and oxygen atoms in total.